The molecule has 0 aliphatic heterocycles. The number of halogens is 2. The van der Waals surface area contributed by atoms with Gasteiger partial charge in [-0.15, -0.1) is 10.2 Å². The minimum atomic E-state index is -0.501. The fraction of sp³-hybridized carbons (Fsp3) is 0.200. The van der Waals surface area contributed by atoms with Crippen LogP contribution in [0.5, 0.6) is 0 Å². The second-order valence-electron chi connectivity index (χ2n) is 3.06. The molecule has 78 valence electrons. The largest absolute Gasteiger partial charge is 0.314 e. The fourth-order valence-electron chi connectivity index (χ4n) is 1.36. The highest BCUT2D eigenvalue weighted by molar-refractivity contribution is 5.55. The van der Waals surface area contributed by atoms with Crippen molar-refractivity contribution in [2.75, 3.05) is 0 Å². The highest BCUT2D eigenvalue weighted by Crippen LogP contribution is 2.21. The zero-order valence-electron chi connectivity index (χ0n) is 8.11. The zero-order chi connectivity index (χ0) is 10.8. The topological polar surface area (TPSA) is 30.7 Å². The summed E-state index contributed by atoms with van der Waals surface area (Å²) in [5.74, 6) is -0.648. The van der Waals surface area contributed by atoms with Crippen LogP contribution in [0.25, 0.3) is 11.4 Å². The van der Waals surface area contributed by atoms with E-state index < -0.39 is 11.6 Å². The summed E-state index contributed by atoms with van der Waals surface area (Å²) in [6.07, 6.45) is 1.49. The molecule has 3 nitrogen and oxygen atoms in total. The Hall–Kier alpha value is -1.78. The number of nitrogens with zero attached hydrogens (tertiary/aromatic N) is 3. The summed E-state index contributed by atoms with van der Waals surface area (Å²) < 4.78 is 28.0. The maximum Gasteiger partial charge on any atom is 0.166 e. The van der Waals surface area contributed by atoms with E-state index in [1.54, 1.807) is 4.57 Å². The van der Waals surface area contributed by atoms with Gasteiger partial charge in [-0.25, -0.2) is 8.78 Å². The lowest BCUT2D eigenvalue weighted by Crippen LogP contribution is -1.98. The third kappa shape index (κ3) is 1.72. The molecule has 0 atom stereocenters. The van der Waals surface area contributed by atoms with Crippen LogP contribution in [0.1, 0.15) is 6.92 Å². The lowest BCUT2D eigenvalue weighted by molar-refractivity contribution is 0.600. The van der Waals surface area contributed by atoms with E-state index in [4.69, 9.17) is 0 Å². The SMILES string of the molecule is CCn1cnnc1-c1cc(F)ccc1F. The van der Waals surface area contributed by atoms with Crippen LogP contribution in [0.3, 0.4) is 0 Å². The van der Waals surface area contributed by atoms with Gasteiger partial charge >= 0.3 is 0 Å². The van der Waals surface area contributed by atoms with Gasteiger partial charge in [0.05, 0.1) is 5.56 Å². The van der Waals surface area contributed by atoms with E-state index in [-0.39, 0.29) is 5.56 Å². The van der Waals surface area contributed by atoms with Crippen LogP contribution in [-0.4, -0.2) is 14.8 Å². The first-order valence-electron chi connectivity index (χ1n) is 4.55. The van der Waals surface area contributed by atoms with Gasteiger partial charge in [-0.1, -0.05) is 0 Å². The van der Waals surface area contributed by atoms with Gasteiger partial charge in [0.1, 0.15) is 18.0 Å². The zero-order valence-corrected chi connectivity index (χ0v) is 8.11. The van der Waals surface area contributed by atoms with E-state index in [1.165, 1.54) is 6.33 Å². The number of hydrogen-bond donors (Lipinski definition) is 0. The first-order chi connectivity index (χ1) is 7.22. The predicted octanol–water partition coefficient (Wildman–Crippen LogP) is 2.24. The molecule has 2 aromatic rings. The summed E-state index contributed by atoms with van der Waals surface area (Å²) >= 11 is 0. The fourth-order valence-corrected chi connectivity index (χ4v) is 1.36. The number of benzene rings is 1. The molecule has 1 aromatic carbocycles. The van der Waals surface area contributed by atoms with Crippen LogP contribution in [0.15, 0.2) is 24.5 Å². The number of rotatable bonds is 2. The molecule has 0 spiro atoms. The summed E-state index contributed by atoms with van der Waals surface area (Å²) in [6.45, 7) is 2.49. The van der Waals surface area contributed by atoms with E-state index in [0.29, 0.717) is 12.4 Å². The maximum atomic E-state index is 13.4. The minimum absolute atomic E-state index is 0.134. The maximum absolute atomic E-state index is 13.4. The lowest BCUT2D eigenvalue weighted by Gasteiger charge is -2.04. The molecule has 0 aliphatic rings. The van der Waals surface area contributed by atoms with Crippen molar-refractivity contribution in [3.63, 3.8) is 0 Å². The highest BCUT2D eigenvalue weighted by atomic mass is 19.1. The van der Waals surface area contributed by atoms with Crippen molar-refractivity contribution in [2.45, 2.75) is 13.5 Å². The van der Waals surface area contributed by atoms with Crippen LogP contribution in [-0.2, 0) is 6.54 Å². The molecule has 0 bridgehead atoms. The molecule has 1 aromatic heterocycles. The molecule has 0 saturated carbocycles. The standard InChI is InChI=1S/C10H9F2N3/c1-2-15-6-13-14-10(15)8-5-7(11)3-4-9(8)12/h3-6H,2H2,1H3. The Balaban J connectivity index is 2.58. The first kappa shape index (κ1) is 9.76. The van der Waals surface area contributed by atoms with Crippen molar-refractivity contribution in [1.29, 1.82) is 0 Å². The Bertz CT molecular complexity index is 479. The van der Waals surface area contributed by atoms with E-state index in [0.717, 1.165) is 18.2 Å². The molecule has 0 unspecified atom stereocenters. The molecule has 0 amide bonds. The summed E-state index contributed by atoms with van der Waals surface area (Å²) in [4.78, 5) is 0. The summed E-state index contributed by atoms with van der Waals surface area (Å²) in [5.41, 5.74) is 0.134. The molecule has 5 heteroatoms. The average Bonchev–Trinajstić information content (AvgIpc) is 2.69. The Morgan fingerprint density at radius 1 is 1.33 bits per heavy atom. The number of aromatic nitrogens is 3. The van der Waals surface area contributed by atoms with Crippen LogP contribution in [0.2, 0.25) is 0 Å². The molecule has 0 radical (unpaired) electrons. The van der Waals surface area contributed by atoms with Gasteiger partial charge in [-0.2, -0.15) is 0 Å². The van der Waals surface area contributed by atoms with Crippen LogP contribution >= 0.6 is 0 Å². The number of hydrogen-bond acceptors (Lipinski definition) is 2. The van der Waals surface area contributed by atoms with Crippen molar-refractivity contribution in [1.82, 2.24) is 14.8 Å². The van der Waals surface area contributed by atoms with Gasteiger partial charge in [-0.3, -0.25) is 0 Å². The lowest BCUT2D eigenvalue weighted by atomic mass is 10.2. The van der Waals surface area contributed by atoms with Crippen LogP contribution in [0, 0.1) is 11.6 Å². The summed E-state index contributed by atoms with van der Waals surface area (Å²) in [5, 5.41) is 7.43. The number of aryl methyl sites for hydroxylation is 1. The quantitative estimate of drug-likeness (QED) is 0.759. The van der Waals surface area contributed by atoms with Crippen LogP contribution < -0.4 is 0 Å². The molecule has 0 aliphatic carbocycles. The van der Waals surface area contributed by atoms with Gasteiger partial charge in [0.2, 0.25) is 0 Å². The summed E-state index contributed by atoms with van der Waals surface area (Å²) in [7, 11) is 0. The molecular weight excluding hydrogens is 200 g/mol. The van der Waals surface area contributed by atoms with Gasteiger partial charge in [0, 0.05) is 6.54 Å². The average molecular weight is 209 g/mol. The minimum Gasteiger partial charge on any atom is -0.314 e. The van der Waals surface area contributed by atoms with E-state index in [9.17, 15) is 8.78 Å². The Morgan fingerprint density at radius 3 is 2.87 bits per heavy atom. The second-order valence-corrected chi connectivity index (χ2v) is 3.06. The first-order valence-corrected chi connectivity index (χ1v) is 4.55. The third-order valence-corrected chi connectivity index (χ3v) is 2.13. The molecule has 2 rings (SSSR count). The van der Waals surface area contributed by atoms with Gasteiger partial charge in [0.15, 0.2) is 5.82 Å². The van der Waals surface area contributed by atoms with E-state index in [1.807, 2.05) is 6.92 Å². The Morgan fingerprint density at radius 2 is 2.13 bits per heavy atom. The van der Waals surface area contributed by atoms with E-state index >= 15 is 0 Å². The molecule has 0 saturated heterocycles. The third-order valence-electron chi connectivity index (χ3n) is 2.13. The molecular formula is C10H9F2N3. The predicted molar refractivity (Wildman–Crippen MR) is 51.0 cm³/mol. The van der Waals surface area contributed by atoms with Crippen molar-refractivity contribution in [3.05, 3.63) is 36.2 Å². The molecule has 1 heterocycles. The van der Waals surface area contributed by atoms with Gasteiger partial charge in [-0.05, 0) is 25.1 Å². The van der Waals surface area contributed by atoms with E-state index in [2.05, 4.69) is 10.2 Å². The molecule has 0 N–H and O–H groups in total. The van der Waals surface area contributed by atoms with Crippen LogP contribution in [0.4, 0.5) is 8.78 Å². The highest BCUT2D eigenvalue weighted by Gasteiger charge is 2.12. The van der Waals surface area contributed by atoms with Gasteiger partial charge in [0.25, 0.3) is 0 Å². The molecule has 0 fully saturated rings. The molecule has 15 heavy (non-hydrogen) atoms. The van der Waals surface area contributed by atoms with Crippen molar-refractivity contribution >= 4 is 0 Å². The van der Waals surface area contributed by atoms with Crippen molar-refractivity contribution < 1.29 is 8.78 Å². The Kier molecular flexibility index (Phi) is 2.45. The van der Waals surface area contributed by atoms with Crippen molar-refractivity contribution in [3.8, 4) is 11.4 Å². The smallest absolute Gasteiger partial charge is 0.166 e. The normalized spacial score (nSPS) is 10.6. The van der Waals surface area contributed by atoms with Crippen molar-refractivity contribution in [2.24, 2.45) is 0 Å². The van der Waals surface area contributed by atoms with Gasteiger partial charge < -0.3 is 4.57 Å². The second kappa shape index (κ2) is 3.76. The summed E-state index contributed by atoms with van der Waals surface area (Å²) in [6, 6.07) is 3.27. The monoisotopic (exact) mass is 209 g/mol. The Labute approximate surface area is 85.4 Å².